The Bertz CT molecular complexity index is 719. The van der Waals surface area contributed by atoms with Crippen molar-refractivity contribution in [3.63, 3.8) is 0 Å². The Morgan fingerprint density at radius 1 is 1.23 bits per heavy atom. The quantitative estimate of drug-likeness (QED) is 0.866. The summed E-state index contributed by atoms with van der Waals surface area (Å²) >= 11 is 0. The number of carbonyl (C=O) groups excluding carboxylic acids is 1. The molecular weight excluding hydrogens is 272 g/mol. The number of fused-ring (bicyclic) bond motifs is 2. The summed E-state index contributed by atoms with van der Waals surface area (Å²) in [6.07, 6.45) is 3.80. The minimum absolute atomic E-state index is 0.0315. The SMILES string of the molecule is CCCCNc1c2c([nH+]c3ccccc13)CC(C)(C)CC2=O. The summed E-state index contributed by atoms with van der Waals surface area (Å²) < 4.78 is 0. The van der Waals surface area contributed by atoms with Crippen LogP contribution in [-0.2, 0) is 6.42 Å². The van der Waals surface area contributed by atoms with E-state index in [1.807, 2.05) is 12.1 Å². The van der Waals surface area contributed by atoms with Crippen molar-refractivity contribution in [2.75, 3.05) is 11.9 Å². The molecule has 0 unspecified atom stereocenters. The highest BCUT2D eigenvalue weighted by atomic mass is 16.1. The van der Waals surface area contributed by atoms with E-state index in [9.17, 15) is 4.79 Å². The molecule has 0 saturated heterocycles. The highest BCUT2D eigenvalue weighted by Gasteiger charge is 2.37. The second kappa shape index (κ2) is 5.71. The molecule has 0 amide bonds. The predicted molar refractivity (Wildman–Crippen MR) is 90.3 cm³/mol. The molecule has 3 rings (SSSR count). The average molecular weight is 297 g/mol. The largest absolute Gasteiger partial charge is 0.384 e. The first-order valence-electron chi connectivity index (χ1n) is 8.26. The number of hydrogen-bond donors (Lipinski definition) is 1. The number of Topliss-reactive ketones (excluding diaryl/α,β-unsaturated/α-hetero) is 1. The Morgan fingerprint density at radius 2 is 2.00 bits per heavy atom. The first-order valence-corrected chi connectivity index (χ1v) is 8.26. The van der Waals surface area contributed by atoms with E-state index in [1.165, 1.54) is 0 Å². The molecule has 1 heterocycles. The number of hydrogen-bond acceptors (Lipinski definition) is 2. The van der Waals surface area contributed by atoms with E-state index in [2.05, 4.69) is 43.2 Å². The Hall–Kier alpha value is -1.90. The van der Waals surface area contributed by atoms with Gasteiger partial charge in [0, 0.05) is 25.5 Å². The van der Waals surface area contributed by atoms with Gasteiger partial charge in [-0.1, -0.05) is 39.3 Å². The van der Waals surface area contributed by atoms with Crippen LogP contribution in [0.5, 0.6) is 0 Å². The van der Waals surface area contributed by atoms with Crippen LogP contribution in [0.2, 0.25) is 0 Å². The summed E-state index contributed by atoms with van der Waals surface area (Å²) in [4.78, 5) is 16.2. The minimum Gasteiger partial charge on any atom is -0.384 e. The third-order valence-corrected chi connectivity index (χ3v) is 4.44. The zero-order chi connectivity index (χ0) is 15.7. The zero-order valence-corrected chi connectivity index (χ0v) is 13.8. The molecular formula is C19H25N2O+. The number of carbonyl (C=O) groups is 1. The lowest BCUT2D eigenvalue weighted by molar-refractivity contribution is -0.360. The van der Waals surface area contributed by atoms with Crippen LogP contribution in [0.1, 0.15) is 56.1 Å². The molecule has 1 aromatic heterocycles. The summed E-state index contributed by atoms with van der Waals surface area (Å²) in [6.45, 7) is 7.43. The van der Waals surface area contributed by atoms with Crippen LogP contribution in [-0.4, -0.2) is 12.3 Å². The molecule has 3 heteroatoms. The van der Waals surface area contributed by atoms with Gasteiger partial charge in [-0.3, -0.25) is 4.79 Å². The predicted octanol–water partition coefficient (Wildman–Crippen LogP) is 4.02. The van der Waals surface area contributed by atoms with Gasteiger partial charge in [-0.2, -0.15) is 0 Å². The standard InChI is InChI=1S/C19H24N2O/c1-4-5-10-20-18-13-8-6-7-9-14(13)21-15-11-19(2,3)12-16(22)17(15)18/h6-9H,4-5,10-12H2,1-3H3,(H,20,21)/p+1. The van der Waals surface area contributed by atoms with Gasteiger partial charge in [-0.15, -0.1) is 0 Å². The number of benzene rings is 1. The van der Waals surface area contributed by atoms with E-state index in [4.69, 9.17) is 0 Å². The number of rotatable bonds is 4. The fraction of sp³-hybridized carbons (Fsp3) is 0.474. The van der Waals surface area contributed by atoms with Crippen LogP contribution in [0, 0.1) is 5.41 Å². The Labute approximate surface area is 132 Å². The van der Waals surface area contributed by atoms with E-state index in [0.717, 1.165) is 53.7 Å². The molecule has 1 aliphatic carbocycles. The van der Waals surface area contributed by atoms with Gasteiger partial charge in [0.05, 0.1) is 11.1 Å². The van der Waals surface area contributed by atoms with Crippen molar-refractivity contribution in [2.45, 2.75) is 46.5 Å². The van der Waals surface area contributed by atoms with Crippen molar-refractivity contribution in [2.24, 2.45) is 5.41 Å². The van der Waals surface area contributed by atoms with Crippen molar-refractivity contribution >= 4 is 22.4 Å². The maximum absolute atomic E-state index is 12.7. The third-order valence-electron chi connectivity index (χ3n) is 4.44. The van der Waals surface area contributed by atoms with Crippen LogP contribution in [0.15, 0.2) is 24.3 Å². The lowest BCUT2D eigenvalue weighted by Crippen LogP contribution is -2.33. The van der Waals surface area contributed by atoms with E-state index in [0.29, 0.717) is 6.42 Å². The number of anilines is 1. The lowest BCUT2D eigenvalue weighted by atomic mass is 9.75. The fourth-order valence-electron chi connectivity index (χ4n) is 3.40. The topological polar surface area (TPSA) is 43.2 Å². The minimum atomic E-state index is 0.0315. The average Bonchev–Trinajstić information content (AvgIpc) is 2.45. The van der Waals surface area contributed by atoms with Gasteiger partial charge < -0.3 is 5.32 Å². The van der Waals surface area contributed by atoms with Gasteiger partial charge in [-0.05, 0) is 17.9 Å². The van der Waals surface area contributed by atoms with Crippen LogP contribution in [0.25, 0.3) is 10.9 Å². The smallest absolute Gasteiger partial charge is 0.213 e. The number of ketones is 1. The molecule has 2 N–H and O–H groups in total. The summed E-state index contributed by atoms with van der Waals surface area (Å²) in [5, 5.41) is 4.65. The summed E-state index contributed by atoms with van der Waals surface area (Å²) in [5.74, 6) is 0.257. The molecule has 0 saturated carbocycles. The number of aromatic amines is 1. The lowest BCUT2D eigenvalue weighted by Gasteiger charge is -2.28. The van der Waals surface area contributed by atoms with Crippen molar-refractivity contribution < 1.29 is 9.78 Å². The molecule has 0 fully saturated rings. The maximum atomic E-state index is 12.7. The van der Waals surface area contributed by atoms with Crippen molar-refractivity contribution in [1.82, 2.24) is 0 Å². The van der Waals surface area contributed by atoms with Gasteiger partial charge in [0.25, 0.3) is 0 Å². The molecule has 0 radical (unpaired) electrons. The number of nitrogens with one attached hydrogen (secondary N) is 2. The Kier molecular flexibility index (Phi) is 3.90. The van der Waals surface area contributed by atoms with Gasteiger partial charge in [0.2, 0.25) is 5.52 Å². The molecule has 3 nitrogen and oxygen atoms in total. The number of aromatic nitrogens is 1. The second-order valence-corrected chi connectivity index (χ2v) is 7.12. The molecule has 1 aliphatic rings. The molecule has 116 valence electrons. The third kappa shape index (κ3) is 2.72. The summed E-state index contributed by atoms with van der Waals surface area (Å²) in [6, 6.07) is 8.25. The monoisotopic (exact) mass is 297 g/mol. The molecule has 0 atom stereocenters. The summed E-state index contributed by atoms with van der Waals surface area (Å²) in [5.41, 5.74) is 4.13. The van der Waals surface area contributed by atoms with Crippen molar-refractivity contribution in [3.05, 3.63) is 35.5 Å². The summed E-state index contributed by atoms with van der Waals surface area (Å²) in [7, 11) is 0. The highest BCUT2D eigenvalue weighted by molar-refractivity contribution is 6.09. The molecule has 22 heavy (non-hydrogen) atoms. The number of H-pyrrole nitrogens is 1. The molecule has 0 spiro atoms. The molecule has 2 aromatic rings. The van der Waals surface area contributed by atoms with Gasteiger partial charge >= 0.3 is 0 Å². The van der Waals surface area contributed by atoms with Crippen LogP contribution >= 0.6 is 0 Å². The number of para-hydroxylation sites is 1. The molecule has 0 aliphatic heterocycles. The Balaban J connectivity index is 2.17. The van der Waals surface area contributed by atoms with Gasteiger partial charge in [-0.25, -0.2) is 4.98 Å². The van der Waals surface area contributed by atoms with E-state index >= 15 is 0 Å². The first-order chi connectivity index (χ1) is 10.5. The Morgan fingerprint density at radius 3 is 2.77 bits per heavy atom. The van der Waals surface area contributed by atoms with Crippen molar-refractivity contribution in [1.29, 1.82) is 0 Å². The number of unbranched alkanes of at least 4 members (excludes halogenated alkanes) is 1. The van der Waals surface area contributed by atoms with E-state index in [-0.39, 0.29) is 11.2 Å². The van der Waals surface area contributed by atoms with Crippen LogP contribution in [0.4, 0.5) is 5.69 Å². The van der Waals surface area contributed by atoms with E-state index in [1.54, 1.807) is 0 Å². The van der Waals surface area contributed by atoms with Crippen molar-refractivity contribution in [3.8, 4) is 0 Å². The second-order valence-electron chi connectivity index (χ2n) is 7.12. The molecule has 0 bridgehead atoms. The maximum Gasteiger partial charge on any atom is 0.213 e. The van der Waals surface area contributed by atoms with Gasteiger partial charge in [0.1, 0.15) is 5.56 Å². The first kappa shape index (κ1) is 15.0. The van der Waals surface area contributed by atoms with Crippen LogP contribution in [0.3, 0.4) is 0 Å². The zero-order valence-electron chi connectivity index (χ0n) is 13.8. The molecule has 1 aromatic carbocycles. The van der Waals surface area contributed by atoms with Crippen LogP contribution < -0.4 is 10.3 Å². The van der Waals surface area contributed by atoms with Gasteiger partial charge in [0.15, 0.2) is 11.5 Å². The normalized spacial score (nSPS) is 16.6. The number of pyridine rings is 1. The fourth-order valence-corrected chi connectivity index (χ4v) is 3.40. The highest BCUT2D eigenvalue weighted by Crippen LogP contribution is 2.38. The van der Waals surface area contributed by atoms with E-state index < -0.39 is 0 Å².